The van der Waals surface area contributed by atoms with Crippen LogP contribution in [-0.2, 0) is 0 Å². The van der Waals surface area contributed by atoms with Gasteiger partial charge in [0.25, 0.3) is 0 Å². The summed E-state index contributed by atoms with van der Waals surface area (Å²) in [5.74, 6) is 1.63. The van der Waals surface area contributed by atoms with E-state index in [0.717, 1.165) is 24.6 Å². The number of anilines is 2. The standard InChI is InChI=1S/C14H25N5/c1-3-15-14-17-12(2)11-13(18-14)16-7-6-10-19-8-4-5-9-19/h11H,3-10H2,1-2H3,(H2,15,16,17,18). The molecule has 19 heavy (non-hydrogen) atoms. The first-order valence-corrected chi connectivity index (χ1v) is 7.33. The monoisotopic (exact) mass is 263 g/mol. The number of rotatable bonds is 7. The maximum atomic E-state index is 4.45. The molecular formula is C14H25N5. The summed E-state index contributed by atoms with van der Waals surface area (Å²) in [7, 11) is 0. The third-order valence-electron chi connectivity index (χ3n) is 3.35. The van der Waals surface area contributed by atoms with Gasteiger partial charge in [0.1, 0.15) is 5.82 Å². The predicted octanol–water partition coefficient (Wildman–Crippen LogP) is 2.11. The van der Waals surface area contributed by atoms with Crippen LogP contribution in [0.1, 0.15) is 31.9 Å². The smallest absolute Gasteiger partial charge is 0.224 e. The number of nitrogens with one attached hydrogen (secondary N) is 2. The highest BCUT2D eigenvalue weighted by molar-refractivity contribution is 5.41. The van der Waals surface area contributed by atoms with E-state index < -0.39 is 0 Å². The first kappa shape index (κ1) is 14.1. The zero-order chi connectivity index (χ0) is 13.5. The lowest BCUT2D eigenvalue weighted by Crippen LogP contribution is -2.22. The summed E-state index contributed by atoms with van der Waals surface area (Å²) in [4.78, 5) is 11.3. The second-order valence-electron chi connectivity index (χ2n) is 5.08. The van der Waals surface area contributed by atoms with Gasteiger partial charge in [0, 0.05) is 24.8 Å². The number of aryl methyl sites for hydroxylation is 1. The van der Waals surface area contributed by atoms with Crippen LogP contribution in [-0.4, -0.2) is 47.6 Å². The Bertz CT molecular complexity index is 387. The Balaban J connectivity index is 1.75. The maximum absolute atomic E-state index is 4.45. The Kier molecular flexibility index (Phi) is 5.39. The van der Waals surface area contributed by atoms with Gasteiger partial charge in [0.05, 0.1) is 0 Å². The van der Waals surface area contributed by atoms with Crippen LogP contribution in [0.2, 0.25) is 0 Å². The van der Waals surface area contributed by atoms with Gasteiger partial charge in [-0.15, -0.1) is 0 Å². The Morgan fingerprint density at radius 1 is 1.21 bits per heavy atom. The van der Waals surface area contributed by atoms with Gasteiger partial charge in [-0.3, -0.25) is 0 Å². The molecule has 1 aromatic rings. The third-order valence-corrected chi connectivity index (χ3v) is 3.35. The summed E-state index contributed by atoms with van der Waals surface area (Å²) < 4.78 is 0. The molecule has 2 N–H and O–H groups in total. The second kappa shape index (κ2) is 7.28. The van der Waals surface area contributed by atoms with Crippen LogP contribution < -0.4 is 10.6 Å². The molecule has 0 aliphatic carbocycles. The quantitative estimate of drug-likeness (QED) is 0.738. The lowest BCUT2D eigenvalue weighted by atomic mass is 10.3. The van der Waals surface area contributed by atoms with Gasteiger partial charge < -0.3 is 15.5 Å². The van der Waals surface area contributed by atoms with Crippen LogP contribution in [0.3, 0.4) is 0 Å². The molecule has 0 spiro atoms. The van der Waals surface area contributed by atoms with Crippen molar-refractivity contribution in [1.82, 2.24) is 14.9 Å². The fourth-order valence-corrected chi connectivity index (χ4v) is 2.42. The molecule has 1 aliphatic rings. The van der Waals surface area contributed by atoms with Crippen molar-refractivity contribution in [2.75, 3.05) is 43.4 Å². The number of hydrogen-bond acceptors (Lipinski definition) is 5. The van der Waals surface area contributed by atoms with E-state index in [1.54, 1.807) is 0 Å². The van der Waals surface area contributed by atoms with E-state index in [1.165, 1.54) is 38.9 Å². The molecule has 0 radical (unpaired) electrons. The fourth-order valence-electron chi connectivity index (χ4n) is 2.42. The van der Waals surface area contributed by atoms with Gasteiger partial charge in [-0.05, 0) is 52.7 Å². The number of aromatic nitrogens is 2. The van der Waals surface area contributed by atoms with Crippen LogP contribution in [0.5, 0.6) is 0 Å². The van der Waals surface area contributed by atoms with Crippen molar-refractivity contribution >= 4 is 11.8 Å². The second-order valence-corrected chi connectivity index (χ2v) is 5.08. The molecule has 106 valence electrons. The lowest BCUT2D eigenvalue weighted by Gasteiger charge is -2.14. The van der Waals surface area contributed by atoms with Crippen LogP contribution in [0.25, 0.3) is 0 Å². The molecule has 0 saturated carbocycles. The van der Waals surface area contributed by atoms with Crippen molar-refractivity contribution in [2.45, 2.75) is 33.1 Å². The molecule has 2 heterocycles. The molecule has 0 atom stereocenters. The van der Waals surface area contributed by atoms with Gasteiger partial charge in [-0.1, -0.05) is 0 Å². The predicted molar refractivity (Wildman–Crippen MR) is 79.7 cm³/mol. The Hall–Kier alpha value is -1.36. The first-order chi connectivity index (χ1) is 9.28. The summed E-state index contributed by atoms with van der Waals surface area (Å²) in [6, 6.07) is 2.00. The summed E-state index contributed by atoms with van der Waals surface area (Å²) in [5.41, 5.74) is 0.994. The summed E-state index contributed by atoms with van der Waals surface area (Å²) >= 11 is 0. The normalized spacial score (nSPS) is 15.7. The molecule has 0 bridgehead atoms. The van der Waals surface area contributed by atoms with E-state index in [-0.39, 0.29) is 0 Å². The Labute approximate surface area is 115 Å². The Morgan fingerprint density at radius 2 is 2.00 bits per heavy atom. The van der Waals surface area contributed by atoms with E-state index >= 15 is 0 Å². The zero-order valence-corrected chi connectivity index (χ0v) is 12.1. The molecule has 0 aromatic carbocycles. The van der Waals surface area contributed by atoms with Gasteiger partial charge >= 0.3 is 0 Å². The summed E-state index contributed by atoms with van der Waals surface area (Å²) in [6.07, 6.45) is 3.90. The molecule has 1 aliphatic heterocycles. The average Bonchev–Trinajstić information content (AvgIpc) is 2.87. The summed E-state index contributed by atoms with van der Waals surface area (Å²) in [5, 5.41) is 6.54. The highest BCUT2D eigenvalue weighted by atomic mass is 15.2. The molecule has 5 heteroatoms. The number of nitrogens with zero attached hydrogens (tertiary/aromatic N) is 3. The van der Waals surface area contributed by atoms with Gasteiger partial charge in [-0.2, -0.15) is 4.98 Å². The van der Waals surface area contributed by atoms with Crippen LogP contribution >= 0.6 is 0 Å². The van der Waals surface area contributed by atoms with Crippen molar-refractivity contribution in [1.29, 1.82) is 0 Å². The molecule has 5 nitrogen and oxygen atoms in total. The molecule has 1 aromatic heterocycles. The van der Waals surface area contributed by atoms with Crippen LogP contribution in [0, 0.1) is 6.92 Å². The minimum atomic E-state index is 0.713. The van der Waals surface area contributed by atoms with Crippen molar-refractivity contribution in [3.05, 3.63) is 11.8 Å². The minimum Gasteiger partial charge on any atom is -0.370 e. The lowest BCUT2D eigenvalue weighted by molar-refractivity contribution is 0.337. The van der Waals surface area contributed by atoms with Crippen LogP contribution in [0.4, 0.5) is 11.8 Å². The highest BCUT2D eigenvalue weighted by Gasteiger charge is 2.10. The Morgan fingerprint density at radius 3 is 2.74 bits per heavy atom. The first-order valence-electron chi connectivity index (χ1n) is 7.33. The number of likely N-dealkylation sites (tertiary alicyclic amines) is 1. The van der Waals surface area contributed by atoms with Gasteiger partial charge in [-0.25, -0.2) is 4.98 Å². The number of hydrogen-bond donors (Lipinski definition) is 2. The molecular weight excluding hydrogens is 238 g/mol. The summed E-state index contributed by atoms with van der Waals surface area (Å²) in [6.45, 7) is 9.61. The topological polar surface area (TPSA) is 53.1 Å². The molecule has 0 amide bonds. The van der Waals surface area contributed by atoms with Gasteiger partial charge in [0.15, 0.2) is 0 Å². The SMILES string of the molecule is CCNc1nc(C)cc(NCCCN2CCCC2)n1. The van der Waals surface area contributed by atoms with Crippen molar-refractivity contribution < 1.29 is 0 Å². The van der Waals surface area contributed by atoms with Crippen LogP contribution in [0.15, 0.2) is 6.07 Å². The van der Waals surface area contributed by atoms with Gasteiger partial charge in [0.2, 0.25) is 5.95 Å². The minimum absolute atomic E-state index is 0.713. The van der Waals surface area contributed by atoms with E-state index in [0.29, 0.717) is 5.95 Å². The maximum Gasteiger partial charge on any atom is 0.224 e. The van der Waals surface area contributed by atoms with Crippen molar-refractivity contribution in [3.63, 3.8) is 0 Å². The van der Waals surface area contributed by atoms with E-state index in [4.69, 9.17) is 0 Å². The molecule has 1 fully saturated rings. The zero-order valence-electron chi connectivity index (χ0n) is 12.1. The molecule has 2 rings (SSSR count). The fraction of sp³-hybridized carbons (Fsp3) is 0.714. The third kappa shape index (κ3) is 4.67. The molecule has 0 unspecified atom stereocenters. The average molecular weight is 263 g/mol. The van der Waals surface area contributed by atoms with E-state index in [1.807, 2.05) is 13.0 Å². The largest absolute Gasteiger partial charge is 0.370 e. The van der Waals surface area contributed by atoms with E-state index in [2.05, 4.69) is 32.4 Å². The van der Waals surface area contributed by atoms with E-state index in [9.17, 15) is 0 Å². The molecule has 1 saturated heterocycles. The van der Waals surface area contributed by atoms with Crippen molar-refractivity contribution in [3.8, 4) is 0 Å². The van der Waals surface area contributed by atoms with Crippen molar-refractivity contribution in [2.24, 2.45) is 0 Å². The highest BCUT2D eigenvalue weighted by Crippen LogP contribution is 2.10.